The summed E-state index contributed by atoms with van der Waals surface area (Å²) in [6.07, 6.45) is 1.36. The zero-order valence-corrected chi connectivity index (χ0v) is 12.3. The van der Waals surface area contributed by atoms with Gasteiger partial charge in [0.2, 0.25) is 6.41 Å². The molecule has 0 fully saturated rings. The smallest absolute Gasteiger partial charge is 0.259 e. The number of nitrogens with one attached hydrogen (secondary N) is 2. The van der Waals surface area contributed by atoms with Gasteiger partial charge in [0.05, 0.1) is 17.9 Å². The van der Waals surface area contributed by atoms with E-state index in [1.807, 2.05) is 25.1 Å². The summed E-state index contributed by atoms with van der Waals surface area (Å²) in [6, 6.07) is 14.2. The third-order valence-electron chi connectivity index (χ3n) is 2.96. The van der Waals surface area contributed by atoms with E-state index in [1.165, 1.54) is 0 Å². The van der Waals surface area contributed by atoms with Crippen LogP contribution in [0.1, 0.15) is 23.7 Å². The van der Waals surface area contributed by atoms with Gasteiger partial charge < -0.3 is 15.4 Å². The molecule has 2 amide bonds. The van der Waals surface area contributed by atoms with E-state index in [1.54, 1.807) is 30.3 Å². The Bertz CT molecular complexity index is 642. The number of carbonyl (C=O) groups is 2. The Kier molecular flexibility index (Phi) is 5.54. The minimum atomic E-state index is -0.285. The van der Waals surface area contributed by atoms with Crippen LogP contribution >= 0.6 is 0 Å². The highest BCUT2D eigenvalue weighted by Crippen LogP contribution is 2.29. The van der Waals surface area contributed by atoms with E-state index in [9.17, 15) is 9.59 Å². The Balaban J connectivity index is 2.29. The number of hydrogen-bond acceptors (Lipinski definition) is 3. The lowest BCUT2D eigenvalue weighted by molar-refractivity contribution is -0.105. The van der Waals surface area contributed by atoms with Crippen molar-refractivity contribution < 1.29 is 14.3 Å². The van der Waals surface area contributed by atoms with Crippen LogP contribution in [0.2, 0.25) is 0 Å². The van der Waals surface area contributed by atoms with Crippen LogP contribution in [0.3, 0.4) is 0 Å². The van der Waals surface area contributed by atoms with E-state index in [4.69, 9.17) is 4.74 Å². The van der Waals surface area contributed by atoms with Crippen molar-refractivity contribution in [3.63, 3.8) is 0 Å². The van der Waals surface area contributed by atoms with Crippen LogP contribution in [0.5, 0.6) is 5.75 Å². The number of amides is 2. The van der Waals surface area contributed by atoms with Crippen molar-refractivity contribution in [1.82, 2.24) is 0 Å². The SMILES string of the molecule is CCCOc1c(NC=O)cccc1C(=O)Nc1ccccc1. The van der Waals surface area contributed by atoms with Gasteiger partial charge in [-0.1, -0.05) is 31.2 Å². The van der Waals surface area contributed by atoms with Crippen molar-refractivity contribution in [3.05, 3.63) is 54.1 Å². The van der Waals surface area contributed by atoms with Crippen molar-refractivity contribution in [2.75, 3.05) is 17.2 Å². The molecule has 0 aliphatic carbocycles. The first-order valence-electron chi connectivity index (χ1n) is 7.08. The Labute approximate surface area is 129 Å². The molecular formula is C17H18N2O3. The van der Waals surface area contributed by atoms with Gasteiger partial charge in [-0.25, -0.2) is 0 Å². The van der Waals surface area contributed by atoms with Gasteiger partial charge in [0.1, 0.15) is 0 Å². The van der Waals surface area contributed by atoms with Crippen LogP contribution in [0.25, 0.3) is 0 Å². The maximum absolute atomic E-state index is 12.4. The zero-order chi connectivity index (χ0) is 15.8. The van der Waals surface area contributed by atoms with Gasteiger partial charge in [-0.15, -0.1) is 0 Å². The fourth-order valence-electron chi connectivity index (χ4n) is 1.97. The topological polar surface area (TPSA) is 67.4 Å². The summed E-state index contributed by atoms with van der Waals surface area (Å²) in [5, 5.41) is 5.37. The minimum Gasteiger partial charge on any atom is -0.491 e. The summed E-state index contributed by atoms with van der Waals surface area (Å²) >= 11 is 0. The number of anilines is 2. The quantitative estimate of drug-likeness (QED) is 0.771. The molecule has 22 heavy (non-hydrogen) atoms. The third-order valence-corrected chi connectivity index (χ3v) is 2.96. The highest BCUT2D eigenvalue weighted by Gasteiger charge is 2.16. The van der Waals surface area contributed by atoms with E-state index in [-0.39, 0.29) is 5.91 Å². The Morgan fingerprint density at radius 1 is 1.14 bits per heavy atom. The first kappa shape index (κ1) is 15.6. The van der Waals surface area contributed by atoms with Gasteiger partial charge in [-0.05, 0) is 30.7 Å². The molecule has 0 atom stereocenters. The summed E-state index contributed by atoms with van der Waals surface area (Å²) in [7, 11) is 0. The van der Waals surface area contributed by atoms with Crippen molar-refractivity contribution in [1.29, 1.82) is 0 Å². The number of hydrogen-bond donors (Lipinski definition) is 2. The molecule has 0 radical (unpaired) electrons. The maximum Gasteiger partial charge on any atom is 0.259 e. The van der Waals surface area contributed by atoms with Gasteiger partial charge in [-0.3, -0.25) is 9.59 Å². The van der Waals surface area contributed by atoms with Crippen LogP contribution in [0.4, 0.5) is 11.4 Å². The predicted molar refractivity (Wildman–Crippen MR) is 86.3 cm³/mol. The number of carbonyl (C=O) groups excluding carboxylic acids is 2. The lowest BCUT2D eigenvalue weighted by Crippen LogP contribution is -2.15. The fraction of sp³-hybridized carbons (Fsp3) is 0.176. The summed E-state index contributed by atoms with van der Waals surface area (Å²) in [5.74, 6) is 0.0942. The lowest BCUT2D eigenvalue weighted by Gasteiger charge is -2.14. The molecule has 5 heteroatoms. The standard InChI is InChI=1S/C17H18N2O3/c1-2-11-22-16-14(9-6-10-15(16)18-12-20)17(21)19-13-7-4-3-5-8-13/h3-10,12H,2,11H2,1H3,(H,18,20)(H,19,21). The fourth-order valence-corrected chi connectivity index (χ4v) is 1.97. The van der Waals surface area contributed by atoms with E-state index in [2.05, 4.69) is 10.6 Å². The van der Waals surface area contributed by atoms with E-state index < -0.39 is 0 Å². The highest BCUT2D eigenvalue weighted by atomic mass is 16.5. The van der Waals surface area contributed by atoms with Crippen molar-refractivity contribution in [3.8, 4) is 5.75 Å². The summed E-state index contributed by atoms with van der Waals surface area (Å²) in [5.41, 5.74) is 1.55. The molecule has 0 saturated heterocycles. The second-order valence-corrected chi connectivity index (χ2v) is 4.61. The molecule has 0 aliphatic heterocycles. The maximum atomic E-state index is 12.4. The second-order valence-electron chi connectivity index (χ2n) is 4.61. The van der Waals surface area contributed by atoms with Crippen LogP contribution < -0.4 is 15.4 Å². The molecule has 0 saturated carbocycles. The van der Waals surface area contributed by atoms with E-state index in [0.717, 1.165) is 6.42 Å². The molecule has 0 spiro atoms. The summed E-state index contributed by atoms with van der Waals surface area (Å²) in [4.78, 5) is 23.2. The van der Waals surface area contributed by atoms with Crippen molar-refractivity contribution in [2.45, 2.75) is 13.3 Å². The zero-order valence-electron chi connectivity index (χ0n) is 12.3. The monoisotopic (exact) mass is 298 g/mol. The molecule has 2 N–H and O–H groups in total. The molecule has 0 unspecified atom stereocenters. The Morgan fingerprint density at radius 2 is 1.91 bits per heavy atom. The van der Waals surface area contributed by atoms with Gasteiger partial charge in [0.25, 0.3) is 5.91 Å². The number of ether oxygens (including phenoxy) is 1. The van der Waals surface area contributed by atoms with Gasteiger partial charge in [0.15, 0.2) is 5.75 Å². The van der Waals surface area contributed by atoms with Crippen LogP contribution in [0.15, 0.2) is 48.5 Å². The highest BCUT2D eigenvalue weighted by molar-refractivity contribution is 6.07. The van der Waals surface area contributed by atoms with Crippen molar-refractivity contribution in [2.24, 2.45) is 0 Å². The number of rotatable bonds is 7. The first-order chi connectivity index (χ1) is 10.8. The molecule has 0 aromatic heterocycles. The Hall–Kier alpha value is -2.82. The van der Waals surface area contributed by atoms with Gasteiger partial charge in [0, 0.05) is 5.69 Å². The molecule has 5 nitrogen and oxygen atoms in total. The van der Waals surface area contributed by atoms with Gasteiger partial charge >= 0.3 is 0 Å². The number of benzene rings is 2. The molecule has 114 valence electrons. The molecule has 2 rings (SSSR count). The largest absolute Gasteiger partial charge is 0.491 e. The van der Waals surface area contributed by atoms with Crippen LogP contribution in [-0.4, -0.2) is 18.9 Å². The average molecular weight is 298 g/mol. The van der Waals surface area contributed by atoms with Crippen LogP contribution in [-0.2, 0) is 4.79 Å². The van der Waals surface area contributed by atoms with E-state index >= 15 is 0 Å². The average Bonchev–Trinajstić information content (AvgIpc) is 2.54. The summed E-state index contributed by atoms with van der Waals surface area (Å²) in [6.45, 7) is 2.43. The third kappa shape index (κ3) is 3.85. The molecule has 2 aromatic rings. The second kappa shape index (κ2) is 7.83. The van der Waals surface area contributed by atoms with E-state index in [0.29, 0.717) is 35.7 Å². The minimum absolute atomic E-state index is 0.285. The number of para-hydroxylation sites is 2. The molecule has 0 heterocycles. The van der Waals surface area contributed by atoms with Crippen molar-refractivity contribution >= 4 is 23.7 Å². The van der Waals surface area contributed by atoms with Gasteiger partial charge in [-0.2, -0.15) is 0 Å². The van der Waals surface area contributed by atoms with Crippen LogP contribution in [0, 0.1) is 0 Å². The molecule has 0 aliphatic rings. The lowest BCUT2D eigenvalue weighted by atomic mass is 10.1. The molecule has 0 bridgehead atoms. The first-order valence-corrected chi connectivity index (χ1v) is 7.08. The molecule has 2 aromatic carbocycles. The summed E-state index contributed by atoms with van der Waals surface area (Å²) < 4.78 is 5.65. The predicted octanol–water partition coefficient (Wildman–Crippen LogP) is 3.30. The Morgan fingerprint density at radius 3 is 2.59 bits per heavy atom. The molecular weight excluding hydrogens is 280 g/mol. The normalized spacial score (nSPS) is 9.86.